The van der Waals surface area contributed by atoms with Gasteiger partial charge in [0.05, 0.1) is 0 Å². The highest BCUT2D eigenvalue weighted by atomic mass is 16.4. The van der Waals surface area contributed by atoms with Gasteiger partial charge in [-0.1, -0.05) is 19.1 Å². The van der Waals surface area contributed by atoms with Gasteiger partial charge in [0.1, 0.15) is 0 Å². The summed E-state index contributed by atoms with van der Waals surface area (Å²) in [4.78, 5) is 10.5. The quantitative estimate of drug-likeness (QED) is 0.801. The second kappa shape index (κ2) is 4.62. The van der Waals surface area contributed by atoms with Crippen LogP contribution < -0.4 is 5.11 Å². The summed E-state index contributed by atoms with van der Waals surface area (Å²) in [6.07, 6.45) is 1.04. The highest BCUT2D eigenvalue weighted by Gasteiger charge is 2.05. The van der Waals surface area contributed by atoms with Gasteiger partial charge in [-0.2, -0.15) is 0 Å². The third kappa shape index (κ3) is 2.33. The van der Waals surface area contributed by atoms with E-state index >= 15 is 0 Å². The first-order chi connectivity index (χ1) is 8.11. The molecule has 0 radical (unpaired) electrons. The maximum atomic E-state index is 10.5. The van der Waals surface area contributed by atoms with Crippen LogP contribution in [0.2, 0.25) is 0 Å². The third-order valence-corrected chi connectivity index (χ3v) is 3.12. The highest BCUT2D eigenvalue weighted by molar-refractivity contribution is 5.82. The molecule has 0 aliphatic heterocycles. The van der Waals surface area contributed by atoms with Crippen molar-refractivity contribution in [1.82, 2.24) is 4.57 Å². The largest absolute Gasteiger partial charge is 0.550 e. The minimum atomic E-state index is -1.00. The molecule has 3 nitrogen and oxygen atoms in total. The number of aliphatic carboxylic acids is 1. The Morgan fingerprint density at radius 3 is 2.76 bits per heavy atom. The van der Waals surface area contributed by atoms with Crippen LogP contribution in [0.5, 0.6) is 0 Å². The fourth-order valence-electron chi connectivity index (χ4n) is 2.16. The monoisotopic (exact) mass is 230 g/mol. The molecule has 0 bridgehead atoms. The number of carboxylic acid groups (broad SMARTS) is 1. The summed E-state index contributed by atoms with van der Waals surface area (Å²) in [6, 6.07) is 8.43. The van der Waals surface area contributed by atoms with Gasteiger partial charge < -0.3 is 14.5 Å². The Morgan fingerprint density at radius 2 is 2.12 bits per heavy atom. The number of aryl methyl sites for hydroxylation is 3. The molecule has 0 atom stereocenters. The lowest BCUT2D eigenvalue weighted by Gasteiger charge is -2.09. The molecule has 2 aromatic rings. The maximum Gasteiger partial charge on any atom is 0.0485 e. The Bertz CT molecular complexity index is 555. The molecule has 0 spiro atoms. The molecule has 0 saturated carbocycles. The van der Waals surface area contributed by atoms with E-state index in [2.05, 4.69) is 31.2 Å². The van der Waals surface area contributed by atoms with E-state index in [0.717, 1.165) is 23.0 Å². The molecule has 17 heavy (non-hydrogen) atoms. The smallest absolute Gasteiger partial charge is 0.0485 e. The number of hydrogen-bond donors (Lipinski definition) is 0. The number of fused-ring (bicyclic) bond motifs is 1. The van der Waals surface area contributed by atoms with E-state index in [-0.39, 0.29) is 6.42 Å². The Kier molecular flexibility index (Phi) is 3.18. The van der Waals surface area contributed by atoms with Crippen LogP contribution in [0.15, 0.2) is 24.3 Å². The summed E-state index contributed by atoms with van der Waals surface area (Å²) in [7, 11) is 0. The molecule has 3 heteroatoms. The average molecular weight is 230 g/mol. The molecule has 1 aromatic carbocycles. The van der Waals surface area contributed by atoms with Crippen molar-refractivity contribution in [2.45, 2.75) is 33.2 Å². The predicted molar refractivity (Wildman–Crippen MR) is 65.7 cm³/mol. The number of rotatable bonds is 4. The number of benzene rings is 1. The Morgan fingerprint density at radius 1 is 1.35 bits per heavy atom. The van der Waals surface area contributed by atoms with E-state index in [0.29, 0.717) is 6.54 Å². The first-order valence-corrected chi connectivity index (χ1v) is 5.90. The van der Waals surface area contributed by atoms with E-state index in [1.807, 2.05) is 11.5 Å². The van der Waals surface area contributed by atoms with Crippen molar-refractivity contribution in [2.75, 3.05) is 0 Å². The minimum Gasteiger partial charge on any atom is -0.550 e. The molecule has 0 aliphatic rings. The van der Waals surface area contributed by atoms with Crippen molar-refractivity contribution in [1.29, 1.82) is 0 Å². The lowest BCUT2D eigenvalue weighted by molar-refractivity contribution is -0.305. The summed E-state index contributed by atoms with van der Waals surface area (Å²) >= 11 is 0. The number of carbonyl (C=O) groups is 1. The molecule has 0 N–H and O–H groups in total. The second-order valence-electron chi connectivity index (χ2n) is 4.31. The maximum absolute atomic E-state index is 10.5. The normalized spacial score (nSPS) is 10.9. The summed E-state index contributed by atoms with van der Waals surface area (Å²) in [5, 5.41) is 11.7. The van der Waals surface area contributed by atoms with Gasteiger partial charge in [-0.05, 0) is 36.4 Å². The molecule has 0 amide bonds. The molecule has 90 valence electrons. The number of nitrogens with zero attached hydrogens (tertiary/aromatic N) is 1. The molecule has 0 aliphatic carbocycles. The summed E-state index contributed by atoms with van der Waals surface area (Å²) in [5.41, 5.74) is 3.47. The van der Waals surface area contributed by atoms with E-state index in [1.165, 1.54) is 5.56 Å². The summed E-state index contributed by atoms with van der Waals surface area (Å²) in [5.74, 6) is -1.00. The zero-order chi connectivity index (χ0) is 12.4. The van der Waals surface area contributed by atoms with Crippen LogP contribution in [0.3, 0.4) is 0 Å². The third-order valence-electron chi connectivity index (χ3n) is 3.12. The van der Waals surface area contributed by atoms with Crippen LogP contribution in [-0.2, 0) is 17.8 Å². The number of aromatic nitrogens is 1. The Balaban J connectivity index is 2.44. The molecule has 1 aromatic heterocycles. The molecule has 1 heterocycles. The van der Waals surface area contributed by atoms with Gasteiger partial charge in [-0.25, -0.2) is 0 Å². The second-order valence-corrected chi connectivity index (χ2v) is 4.31. The zero-order valence-corrected chi connectivity index (χ0v) is 10.2. The van der Waals surface area contributed by atoms with Gasteiger partial charge in [0.2, 0.25) is 0 Å². The van der Waals surface area contributed by atoms with Crippen LogP contribution in [0.4, 0.5) is 0 Å². The first-order valence-electron chi connectivity index (χ1n) is 5.90. The fraction of sp³-hybridized carbons (Fsp3) is 0.357. The standard InChI is InChI=1S/C14H17NO2/c1-3-11-4-5-12-8-10(2)15(13(12)9-11)7-6-14(16)17/h4-5,8-9H,3,6-7H2,1-2H3,(H,16,17)/p-1. The molecule has 0 fully saturated rings. The predicted octanol–water partition coefficient (Wildman–Crippen LogP) is 1.65. The Hall–Kier alpha value is -1.77. The molecular weight excluding hydrogens is 214 g/mol. The fourth-order valence-corrected chi connectivity index (χ4v) is 2.16. The highest BCUT2D eigenvalue weighted by Crippen LogP contribution is 2.21. The first kappa shape index (κ1) is 11.7. The molecule has 0 saturated heterocycles. The van der Waals surface area contributed by atoms with Gasteiger partial charge >= 0.3 is 0 Å². The van der Waals surface area contributed by atoms with Crippen LogP contribution in [-0.4, -0.2) is 10.5 Å². The van der Waals surface area contributed by atoms with E-state index < -0.39 is 5.97 Å². The van der Waals surface area contributed by atoms with Crippen LogP contribution in [0.1, 0.15) is 24.6 Å². The van der Waals surface area contributed by atoms with Crippen LogP contribution >= 0.6 is 0 Å². The van der Waals surface area contributed by atoms with Crippen molar-refractivity contribution >= 4 is 16.9 Å². The van der Waals surface area contributed by atoms with E-state index in [1.54, 1.807) is 0 Å². The Labute approximate surface area is 101 Å². The van der Waals surface area contributed by atoms with Gasteiger partial charge in [0.25, 0.3) is 0 Å². The molecular formula is C14H16NO2-. The van der Waals surface area contributed by atoms with Gasteiger partial charge in [0.15, 0.2) is 0 Å². The molecule has 0 unspecified atom stereocenters. The van der Waals surface area contributed by atoms with Crippen molar-refractivity contribution in [2.24, 2.45) is 0 Å². The minimum absolute atomic E-state index is 0.0565. The molecule has 2 rings (SSSR count). The number of hydrogen-bond acceptors (Lipinski definition) is 2. The van der Waals surface area contributed by atoms with Gasteiger partial charge in [-0.3, -0.25) is 0 Å². The zero-order valence-electron chi connectivity index (χ0n) is 10.2. The van der Waals surface area contributed by atoms with Crippen LogP contribution in [0, 0.1) is 6.92 Å². The lowest BCUT2D eigenvalue weighted by atomic mass is 10.1. The van der Waals surface area contributed by atoms with Gasteiger partial charge in [0, 0.05) is 30.1 Å². The SMILES string of the molecule is CCc1ccc2cc(C)n(CCC(=O)[O-])c2c1. The van der Waals surface area contributed by atoms with E-state index in [9.17, 15) is 9.90 Å². The average Bonchev–Trinajstić information content (AvgIpc) is 2.61. The topological polar surface area (TPSA) is 45.1 Å². The summed E-state index contributed by atoms with van der Waals surface area (Å²) in [6.45, 7) is 4.59. The number of carbonyl (C=O) groups excluding carboxylic acids is 1. The van der Waals surface area contributed by atoms with Crippen molar-refractivity contribution in [3.05, 3.63) is 35.5 Å². The van der Waals surface area contributed by atoms with E-state index in [4.69, 9.17) is 0 Å². The summed E-state index contributed by atoms with van der Waals surface area (Å²) < 4.78 is 2.05. The lowest BCUT2D eigenvalue weighted by Crippen LogP contribution is -2.23. The van der Waals surface area contributed by atoms with Gasteiger partial charge in [-0.15, -0.1) is 0 Å². The van der Waals surface area contributed by atoms with Crippen molar-refractivity contribution in [3.63, 3.8) is 0 Å². The van der Waals surface area contributed by atoms with Crippen molar-refractivity contribution in [3.8, 4) is 0 Å². The van der Waals surface area contributed by atoms with Crippen molar-refractivity contribution < 1.29 is 9.90 Å². The number of carboxylic acids is 1. The van der Waals surface area contributed by atoms with Crippen LogP contribution in [0.25, 0.3) is 10.9 Å².